The fraction of sp³-hybridized carbons (Fsp3) is 1.00. The molecule has 0 aliphatic carbocycles. The van der Waals surface area contributed by atoms with Gasteiger partial charge in [-0.2, -0.15) is 0 Å². The van der Waals surface area contributed by atoms with Gasteiger partial charge < -0.3 is 14.4 Å². The van der Waals surface area contributed by atoms with Gasteiger partial charge in [-0.25, -0.2) is 8.42 Å². The van der Waals surface area contributed by atoms with Crippen LogP contribution in [0.4, 0.5) is 0 Å². The summed E-state index contributed by atoms with van der Waals surface area (Å²) >= 11 is 0. The number of aliphatic hydroxyl groups is 1. The fourth-order valence-electron chi connectivity index (χ4n) is 2.19. The van der Waals surface area contributed by atoms with E-state index in [4.69, 9.17) is 4.74 Å². The predicted molar refractivity (Wildman–Crippen MR) is 83.2 cm³/mol. The summed E-state index contributed by atoms with van der Waals surface area (Å²) in [7, 11) is -4.37. The van der Waals surface area contributed by atoms with Crippen molar-refractivity contribution in [2.45, 2.75) is 77.2 Å². The molecule has 0 aliphatic heterocycles. The molecule has 0 saturated heterocycles. The average molecular weight is 363 g/mol. The van der Waals surface area contributed by atoms with Gasteiger partial charge in [-0.1, -0.05) is 64.7 Å². The molecule has 0 amide bonds. The van der Waals surface area contributed by atoms with Crippen molar-refractivity contribution in [2.75, 3.05) is 19.0 Å². The summed E-state index contributed by atoms with van der Waals surface area (Å²) in [4.78, 5) is 0. The molecule has 0 bridgehead atoms. The van der Waals surface area contributed by atoms with Crippen LogP contribution in [0.5, 0.6) is 0 Å². The number of hydrogen-bond donors (Lipinski definition) is 1. The summed E-state index contributed by atoms with van der Waals surface area (Å²) < 4.78 is 36.3. The van der Waals surface area contributed by atoms with Crippen LogP contribution in [0.2, 0.25) is 0 Å². The monoisotopic (exact) mass is 362 g/mol. The normalized spacial score (nSPS) is 12.9. The van der Waals surface area contributed by atoms with Crippen molar-refractivity contribution in [3.8, 4) is 0 Å². The van der Waals surface area contributed by atoms with Crippen molar-refractivity contribution in [3.63, 3.8) is 0 Å². The number of rotatable bonds is 15. The summed E-state index contributed by atoms with van der Waals surface area (Å²) in [5.74, 6) is -0.773. The van der Waals surface area contributed by atoms with Gasteiger partial charge in [-0.3, -0.25) is 0 Å². The van der Waals surface area contributed by atoms with Crippen molar-refractivity contribution < 1.29 is 74.2 Å². The zero-order valence-electron chi connectivity index (χ0n) is 14.3. The quantitative estimate of drug-likeness (QED) is 0.248. The van der Waals surface area contributed by atoms with E-state index < -0.39 is 22.0 Å². The van der Waals surface area contributed by atoms with Crippen LogP contribution in [0.1, 0.15) is 71.1 Å². The first-order valence-electron chi connectivity index (χ1n) is 8.15. The molecule has 0 heterocycles. The van der Waals surface area contributed by atoms with Crippen LogP contribution in [0.15, 0.2) is 0 Å². The number of ether oxygens (including phenoxy) is 1. The number of unbranched alkanes of at least 4 members (excludes halogenated alkanes) is 9. The van der Waals surface area contributed by atoms with Crippen LogP contribution < -0.4 is 51.4 Å². The van der Waals surface area contributed by atoms with Crippen LogP contribution in [0.3, 0.4) is 0 Å². The molecule has 0 aliphatic rings. The SMILES string of the molecule is CCCCCCCCCCCCOCC(O)CS(=O)(=O)[O-].[K+]. The van der Waals surface area contributed by atoms with Crippen LogP contribution in [-0.2, 0) is 14.9 Å². The molecule has 0 aromatic rings. The van der Waals surface area contributed by atoms with Gasteiger partial charge in [0.1, 0.15) is 0 Å². The maximum Gasteiger partial charge on any atom is 1.00 e. The molecule has 0 aromatic heterocycles. The first-order valence-corrected chi connectivity index (χ1v) is 9.73. The van der Waals surface area contributed by atoms with Gasteiger partial charge >= 0.3 is 51.4 Å². The third-order valence-corrected chi connectivity index (χ3v) is 4.14. The summed E-state index contributed by atoms with van der Waals surface area (Å²) in [6.45, 7) is 2.64. The molecule has 0 saturated carbocycles. The molecule has 0 spiro atoms. The van der Waals surface area contributed by atoms with Gasteiger partial charge in [0.15, 0.2) is 0 Å². The minimum Gasteiger partial charge on any atom is -0.748 e. The zero-order valence-corrected chi connectivity index (χ0v) is 18.2. The smallest absolute Gasteiger partial charge is 0.748 e. The second kappa shape index (κ2) is 17.3. The van der Waals surface area contributed by atoms with E-state index >= 15 is 0 Å². The van der Waals surface area contributed by atoms with Crippen LogP contribution in [-0.4, -0.2) is 43.1 Å². The van der Waals surface area contributed by atoms with Crippen LogP contribution in [0.25, 0.3) is 0 Å². The van der Waals surface area contributed by atoms with Crippen molar-refractivity contribution in [1.29, 1.82) is 0 Å². The second-order valence-electron chi connectivity index (χ2n) is 5.64. The Morgan fingerprint density at radius 2 is 1.41 bits per heavy atom. The Labute approximate surface area is 178 Å². The minimum absolute atomic E-state index is 0. The molecule has 7 heteroatoms. The van der Waals surface area contributed by atoms with Crippen molar-refractivity contribution in [2.24, 2.45) is 0 Å². The number of aliphatic hydroxyl groups excluding tert-OH is 1. The van der Waals surface area contributed by atoms with E-state index in [0.29, 0.717) is 6.61 Å². The fourth-order valence-corrected chi connectivity index (χ4v) is 2.76. The van der Waals surface area contributed by atoms with E-state index in [-0.39, 0.29) is 58.0 Å². The maximum atomic E-state index is 10.4. The Morgan fingerprint density at radius 3 is 1.86 bits per heavy atom. The van der Waals surface area contributed by atoms with Crippen molar-refractivity contribution in [1.82, 2.24) is 0 Å². The minimum atomic E-state index is -4.37. The molecule has 1 N–H and O–H groups in total. The van der Waals surface area contributed by atoms with Crippen LogP contribution in [0, 0.1) is 0 Å². The van der Waals surface area contributed by atoms with Crippen molar-refractivity contribution >= 4 is 10.1 Å². The molecule has 128 valence electrons. The summed E-state index contributed by atoms with van der Waals surface area (Å²) in [6, 6.07) is 0. The molecular weight excluding hydrogens is 331 g/mol. The first-order chi connectivity index (χ1) is 9.95. The number of hydrogen-bond acceptors (Lipinski definition) is 5. The average Bonchev–Trinajstić information content (AvgIpc) is 2.38. The van der Waals surface area contributed by atoms with E-state index in [1.54, 1.807) is 0 Å². The second-order valence-corrected chi connectivity index (χ2v) is 7.08. The van der Waals surface area contributed by atoms with E-state index in [1.807, 2.05) is 0 Å². The Balaban J connectivity index is 0. The molecule has 0 rings (SSSR count). The topological polar surface area (TPSA) is 86.7 Å². The zero-order chi connectivity index (χ0) is 16.0. The predicted octanol–water partition coefficient (Wildman–Crippen LogP) is -0.166. The Kier molecular flexibility index (Phi) is 20.2. The molecule has 5 nitrogen and oxygen atoms in total. The molecule has 0 aromatic carbocycles. The molecule has 22 heavy (non-hydrogen) atoms. The standard InChI is InChI=1S/C15H32O5S.K/c1-2-3-4-5-6-7-8-9-10-11-12-20-13-15(16)14-21(17,18)19;/h15-16H,2-14H2,1H3,(H,17,18,19);/q;+1/p-1. The Bertz CT molecular complexity index is 322. The van der Waals surface area contributed by atoms with E-state index in [2.05, 4.69) is 6.92 Å². The van der Waals surface area contributed by atoms with Gasteiger partial charge in [0, 0.05) is 6.61 Å². The Hall–Kier alpha value is 1.47. The summed E-state index contributed by atoms with van der Waals surface area (Å²) in [5.41, 5.74) is 0. The van der Waals surface area contributed by atoms with Gasteiger partial charge in [0.25, 0.3) is 0 Å². The third kappa shape index (κ3) is 21.5. The third-order valence-electron chi connectivity index (χ3n) is 3.35. The van der Waals surface area contributed by atoms with E-state index in [0.717, 1.165) is 12.8 Å². The van der Waals surface area contributed by atoms with Gasteiger partial charge in [0.2, 0.25) is 0 Å². The first kappa shape index (κ1) is 25.7. The van der Waals surface area contributed by atoms with Crippen molar-refractivity contribution in [3.05, 3.63) is 0 Å². The van der Waals surface area contributed by atoms with Gasteiger partial charge in [0.05, 0.1) is 28.6 Å². The van der Waals surface area contributed by atoms with E-state index in [9.17, 15) is 18.1 Å². The van der Waals surface area contributed by atoms with E-state index in [1.165, 1.54) is 51.4 Å². The summed E-state index contributed by atoms with van der Waals surface area (Å²) in [6.07, 6.45) is 11.2. The maximum absolute atomic E-state index is 10.4. The summed E-state index contributed by atoms with van der Waals surface area (Å²) in [5, 5.41) is 9.24. The van der Waals surface area contributed by atoms with Gasteiger partial charge in [-0.05, 0) is 6.42 Å². The molecule has 1 atom stereocenters. The molecule has 0 fully saturated rings. The molecule has 1 unspecified atom stereocenters. The molecule has 0 radical (unpaired) electrons. The van der Waals surface area contributed by atoms with Gasteiger partial charge in [-0.15, -0.1) is 0 Å². The largest absolute Gasteiger partial charge is 1.00 e. The molecular formula is C15H31KO5S. The Morgan fingerprint density at radius 1 is 0.955 bits per heavy atom. The van der Waals surface area contributed by atoms with Crippen LogP contribution >= 0.6 is 0 Å².